The van der Waals surface area contributed by atoms with Gasteiger partial charge in [-0.25, -0.2) is 0 Å². The van der Waals surface area contributed by atoms with E-state index in [2.05, 4.69) is 10.1 Å². The lowest BCUT2D eigenvalue weighted by molar-refractivity contribution is -0.143. The molecule has 0 atom stereocenters. The van der Waals surface area contributed by atoms with Gasteiger partial charge < -0.3 is 14.8 Å². The lowest BCUT2D eigenvalue weighted by atomic mass is 10.3. The van der Waals surface area contributed by atoms with Crippen LogP contribution in [-0.2, 0) is 14.3 Å². The van der Waals surface area contributed by atoms with Crippen LogP contribution < -0.4 is 10.1 Å². The highest BCUT2D eigenvalue weighted by molar-refractivity contribution is 6.30. The molecule has 0 bridgehead atoms. The molecule has 6 heteroatoms. The van der Waals surface area contributed by atoms with Crippen molar-refractivity contribution >= 4 is 23.5 Å². The second-order valence-corrected chi connectivity index (χ2v) is 3.76. The third kappa shape index (κ3) is 5.54. The Morgan fingerprint density at radius 3 is 2.83 bits per heavy atom. The maximum absolute atomic E-state index is 11.3. The molecule has 1 amide bonds. The first-order valence-corrected chi connectivity index (χ1v) is 5.80. The maximum Gasteiger partial charge on any atom is 0.325 e. The summed E-state index contributed by atoms with van der Waals surface area (Å²) in [4.78, 5) is 22.3. The lowest BCUT2D eigenvalue weighted by Gasteiger charge is -2.07. The number of carbonyl (C=O) groups is 2. The molecule has 1 aromatic carbocycles. The minimum atomic E-state index is -0.478. The van der Waals surface area contributed by atoms with Crippen LogP contribution in [0.2, 0.25) is 5.02 Å². The van der Waals surface area contributed by atoms with Gasteiger partial charge in [-0.15, -0.1) is 0 Å². The van der Waals surface area contributed by atoms with Gasteiger partial charge in [0.25, 0.3) is 5.91 Å². The molecule has 0 aliphatic heterocycles. The zero-order valence-electron chi connectivity index (χ0n) is 9.94. The highest BCUT2D eigenvalue weighted by atomic mass is 35.5. The Bertz CT molecular complexity index is 422. The molecule has 0 aliphatic carbocycles. The molecule has 1 rings (SSSR count). The van der Waals surface area contributed by atoms with Crippen LogP contribution in [-0.4, -0.2) is 31.6 Å². The quantitative estimate of drug-likeness (QED) is 0.795. The first kappa shape index (κ1) is 14.3. The molecule has 98 valence electrons. The van der Waals surface area contributed by atoms with Gasteiger partial charge in [-0.2, -0.15) is 0 Å². The van der Waals surface area contributed by atoms with Gasteiger partial charge in [-0.05, 0) is 25.1 Å². The maximum atomic E-state index is 11.3. The Kier molecular flexibility index (Phi) is 6.00. The number of benzene rings is 1. The number of ether oxygens (including phenoxy) is 2. The van der Waals surface area contributed by atoms with Crippen molar-refractivity contribution in [1.29, 1.82) is 0 Å². The van der Waals surface area contributed by atoms with Gasteiger partial charge in [0, 0.05) is 5.02 Å². The van der Waals surface area contributed by atoms with E-state index in [4.69, 9.17) is 16.3 Å². The minimum absolute atomic E-state index is 0.161. The second kappa shape index (κ2) is 7.55. The number of carbonyl (C=O) groups excluding carboxylic acids is 2. The van der Waals surface area contributed by atoms with Crippen LogP contribution in [0.1, 0.15) is 6.92 Å². The molecule has 1 N–H and O–H groups in total. The first-order chi connectivity index (χ1) is 8.61. The van der Waals surface area contributed by atoms with Crippen LogP contribution in [0, 0.1) is 0 Å². The number of halogens is 1. The summed E-state index contributed by atoms with van der Waals surface area (Å²) >= 11 is 5.76. The van der Waals surface area contributed by atoms with E-state index in [1.165, 1.54) is 0 Å². The molecule has 0 radical (unpaired) electrons. The summed E-state index contributed by atoms with van der Waals surface area (Å²) < 4.78 is 9.85. The lowest BCUT2D eigenvalue weighted by Crippen LogP contribution is -2.34. The zero-order chi connectivity index (χ0) is 13.4. The third-order valence-corrected chi connectivity index (χ3v) is 2.14. The molecule has 0 saturated heterocycles. The van der Waals surface area contributed by atoms with Crippen molar-refractivity contribution in [2.24, 2.45) is 0 Å². The molecule has 1 aromatic rings. The largest absolute Gasteiger partial charge is 0.484 e. The predicted octanol–water partition coefficient (Wildman–Crippen LogP) is 1.40. The van der Waals surface area contributed by atoms with Crippen molar-refractivity contribution in [2.75, 3.05) is 19.8 Å². The predicted molar refractivity (Wildman–Crippen MR) is 66.6 cm³/mol. The molecule has 5 nitrogen and oxygen atoms in total. The van der Waals surface area contributed by atoms with Crippen LogP contribution in [0.3, 0.4) is 0 Å². The number of rotatable bonds is 6. The van der Waals surface area contributed by atoms with Crippen molar-refractivity contribution in [3.05, 3.63) is 29.3 Å². The Hall–Kier alpha value is -1.75. The van der Waals surface area contributed by atoms with E-state index in [1.54, 1.807) is 31.2 Å². The fourth-order valence-electron chi connectivity index (χ4n) is 1.14. The average molecular weight is 272 g/mol. The van der Waals surface area contributed by atoms with Gasteiger partial charge in [-0.3, -0.25) is 9.59 Å². The van der Waals surface area contributed by atoms with Crippen LogP contribution in [0.15, 0.2) is 24.3 Å². The van der Waals surface area contributed by atoms with Crippen molar-refractivity contribution in [1.82, 2.24) is 5.32 Å². The normalized spacial score (nSPS) is 9.67. The molecular formula is C12H14ClNO4. The molecule has 0 unspecified atom stereocenters. The smallest absolute Gasteiger partial charge is 0.325 e. The molecule has 0 heterocycles. The van der Waals surface area contributed by atoms with Crippen molar-refractivity contribution < 1.29 is 19.1 Å². The Balaban J connectivity index is 2.27. The number of esters is 1. The summed E-state index contributed by atoms with van der Waals surface area (Å²) in [5.41, 5.74) is 0. The van der Waals surface area contributed by atoms with Gasteiger partial charge in [0.1, 0.15) is 12.3 Å². The van der Waals surface area contributed by atoms with Crippen molar-refractivity contribution in [3.8, 4) is 5.75 Å². The van der Waals surface area contributed by atoms with Gasteiger partial charge in [-0.1, -0.05) is 17.7 Å². The Morgan fingerprint density at radius 2 is 2.17 bits per heavy atom. The molecule has 0 saturated carbocycles. The molecule has 0 fully saturated rings. The minimum Gasteiger partial charge on any atom is -0.484 e. The van der Waals surface area contributed by atoms with E-state index in [9.17, 15) is 9.59 Å². The van der Waals surface area contributed by atoms with E-state index < -0.39 is 11.9 Å². The number of hydrogen-bond donors (Lipinski definition) is 1. The summed E-state index contributed by atoms with van der Waals surface area (Å²) in [6, 6.07) is 6.70. The highest BCUT2D eigenvalue weighted by Gasteiger charge is 2.06. The zero-order valence-corrected chi connectivity index (χ0v) is 10.7. The number of amides is 1. The number of hydrogen-bond acceptors (Lipinski definition) is 4. The van der Waals surface area contributed by atoms with Gasteiger partial charge in [0.05, 0.1) is 6.61 Å². The van der Waals surface area contributed by atoms with Crippen LogP contribution in [0.25, 0.3) is 0 Å². The third-order valence-electron chi connectivity index (χ3n) is 1.90. The van der Waals surface area contributed by atoms with E-state index in [0.29, 0.717) is 10.8 Å². The molecule has 18 heavy (non-hydrogen) atoms. The van der Waals surface area contributed by atoms with E-state index in [0.717, 1.165) is 0 Å². The van der Waals surface area contributed by atoms with Crippen molar-refractivity contribution in [3.63, 3.8) is 0 Å². The Morgan fingerprint density at radius 1 is 1.39 bits per heavy atom. The summed E-state index contributed by atoms with van der Waals surface area (Å²) in [5, 5.41) is 2.91. The van der Waals surface area contributed by atoms with Gasteiger partial charge in [0.2, 0.25) is 0 Å². The van der Waals surface area contributed by atoms with Crippen LogP contribution >= 0.6 is 11.6 Å². The average Bonchev–Trinajstić information content (AvgIpc) is 2.34. The van der Waals surface area contributed by atoms with E-state index >= 15 is 0 Å². The topological polar surface area (TPSA) is 64.6 Å². The van der Waals surface area contributed by atoms with Crippen LogP contribution in [0.5, 0.6) is 5.75 Å². The molecule has 0 aromatic heterocycles. The van der Waals surface area contributed by atoms with Gasteiger partial charge in [0.15, 0.2) is 6.61 Å². The molecule has 0 aliphatic rings. The first-order valence-electron chi connectivity index (χ1n) is 5.42. The summed E-state index contributed by atoms with van der Waals surface area (Å²) in [7, 11) is 0. The van der Waals surface area contributed by atoms with Crippen LogP contribution in [0.4, 0.5) is 0 Å². The second-order valence-electron chi connectivity index (χ2n) is 3.33. The van der Waals surface area contributed by atoms with Gasteiger partial charge >= 0.3 is 5.97 Å². The SMILES string of the molecule is CCOC(=O)CNC(=O)COc1cccc(Cl)c1. The van der Waals surface area contributed by atoms with Crippen molar-refractivity contribution in [2.45, 2.75) is 6.92 Å². The number of nitrogens with one attached hydrogen (secondary N) is 1. The summed E-state index contributed by atoms with van der Waals surface area (Å²) in [5.74, 6) is -0.384. The monoisotopic (exact) mass is 271 g/mol. The highest BCUT2D eigenvalue weighted by Crippen LogP contribution is 2.16. The molecular weight excluding hydrogens is 258 g/mol. The van der Waals surface area contributed by atoms with E-state index in [-0.39, 0.29) is 19.8 Å². The fraction of sp³-hybridized carbons (Fsp3) is 0.333. The van der Waals surface area contributed by atoms with E-state index in [1.807, 2.05) is 0 Å². The summed E-state index contributed by atoms with van der Waals surface area (Å²) in [6.07, 6.45) is 0. The molecule has 0 spiro atoms. The summed E-state index contributed by atoms with van der Waals surface area (Å²) in [6.45, 7) is 1.64. The Labute approximate surface area is 110 Å². The fourth-order valence-corrected chi connectivity index (χ4v) is 1.32. The standard InChI is InChI=1S/C12H14ClNO4/c1-2-17-12(16)7-14-11(15)8-18-10-5-3-4-9(13)6-10/h3-6H,2,7-8H2,1H3,(H,14,15).